The zero-order valence-corrected chi connectivity index (χ0v) is 11.0. The van der Waals surface area contributed by atoms with Crippen LogP contribution in [0.2, 0.25) is 0 Å². The molecule has 3 aromatic rings. The first kappa shape index (κ1) is 12.4. The first-order valence-corrected chi connectivity index (χ1v) is 6.15. The van der Waals surface area contributed by atoms with Crippen molar-refractivity contribution in [3.63, 3.8) is 0 Å². The van der Waals surface area contributed by atoms with Crippen LogP contribution in [-0.4, -0.2) is 35.7 Å². The summed E-state index contributed by atoms with van der Waals surface area (Å²) >= 11 is 0. The molecular weight excluding hydrogens is 258 g/mol. The number of hydrogen-bond acceptors (Lipinski definition) is 7. The van der Waals surface area contributed by atoms with E-state index in [1.807, 2.05) is 17.6 Å². The number of anilines is 2. The van der Waals surface area contributed by atoms with Gasteiger partial charge in [-0.05, 0) is 0 Å². The van der Waals surface area contributed by atoms with Crippen LogP contribution in [0.3, 0.4) is 0 Å². The van der Waals surface area contributed by atoms with Gasteiger partial charge in [0, 0.05) is 32.4 Å². The number of fused-ring (bicyclic) bond motifs is 1. The van der Waals surface area contributed by atoms with Gasteiger partial charge in [-0.15, -0.1) is 0 Å². The third kappa shape index (κ3) is 2.38. The van der Waals surface area contributed by atoms with Gasteiger partial charge in [0.05, 0.1) is 6.20 Å². The van der Waals surface area contributed by atoms with Crippen molar-refractivity contribution >= 4 is 17.3 Å². The number of nitrogens with two attached hydrogens (primary N) is 1. The molecule has 4 N–H and O–H groups in total. The van der Waals surface area contributed by atoms with Crippen molar-refractivity contribution in [2.24, 2.45) is 12.9 Å². The topological polar surface area (TPSA) is 111 Å². The highest BCUT2D eigenvalue weighted by Gasteiger charge is 2.07. The smallest absolute Gasteiger partial charge is 0.180 e. The van der Waals surface area contributed by atoms with Gasteiger partial charge in [0.1, 0.15) is 6.33 Å². The van der Waals surface area contributed by atoms with Gasteiger partial charge in [0.25, 0.3) is 0 Å². The maximum atomic E-state index is 5.40. The molecule has 9 nitrogen and oxygen atoms in total. The van der Waals surface area contributed by atoms with Crippen LogP contribution in [0.4, 0.5) is 11.6 Å². The number of hydrazine groups is 1. The van der Waals surface area contributed by atoms with Gasteiger partial charge in [0.15, 0.2) is 23.1 Å². The van der Waals surface area contributed by atoms with Crippen LogP contribution < -0.4 is 16.6 Å². The Morgan fingerprint density at radius 3 is 3.00 bits per heavy atom. The predicted octanol–water partition coefficient (Wildman–Crippen LogP) is -0.202. The van der Waals surface area contributed by atoms with Gasteiger partial charge < -0.3 is 15.1 Å². The summed E-state index contributed by atoms with van der Waals surface area (Å²) < 4.78 is 3.53. The quantitative estimate of drug-likeness (QED) is 0.436. The van der Waals surface area contributed by atoms with E-state index in [2.05, 4.69) is 30.8 Å². The number of nitrogen functional groups attached to an aromatic ring is 1. The van der Waals surface area contributed by atoms with Crippen LogP contribution in [0.25, 0.3) is 5.65 Å². The molecule has 0 radical (unpaired) electrons. The van der Waals surface area contributed by atoms with E-state index in [0.717, 1.165) is 11.5 Å². The van der Waals surface area contributed by atoms with Crippen molar-refractivity contribution in [1.29, 1.82) is 0 Å². The van der Waals surface area contributed by atoms with Crippen molar-refractivity contribution in [3.05, 3.63) is 30.7 Å². The molecule has 0 spiro atoms. The lowest BCUT2D eigenvalue weighted by atomic mass is 10.4. The van der Waals surface area contributed by atoms with Gasteiger partial charge in [-0.25, -0.2) is 20.8 Å². The van der Waals surface area contributed by atoms with E-state index in [0.29, 0.717) is 24.6 Å². The molecule has 3 rings (SSSR count). The summed E-state index contributed by atoms with van der Waals surface area (Å²) in [5.41, 5.74) is 3.28. The third-order valence-corrected chi connectivity index (χ3v) is 2.81. The number of hydrogen-bond donors (Lipinski definition) is 3. The molecule has 0 saturated heterocycles. The Labute approximate surface area is 114 Å². The summed E-state index contributed by atoms with van der Waals surface area (Å²) in [5.74, 6) is 7.42. The fourth-order valence-corrected chi connectivity index (χ4v) is 1.91. The second kappa shape index (κ2) is 5.13. The SMILES string of the molecule is Cn1cnc(CCNc2nc(NN)cn3ccnc23)n1. The first-order valence-electron chi connectivity index (χ1n) is 6.15. The van der Waals surface area contributed by atoms with Gasteiger partial charge in [-0.3, -0.25) is 4.68 Å². The fraction of sp³-hybridized carbons (Fsp3) is 0.273. The van der Waals surface area contributed by atoms with E-state index in [1.165, 1.54) is 0 Å². The molecule has 0 aromatic carbocycles. The number of nitrogens with zero attached hydrogens (tertiary/aromatic N) is 6. The molecule has 0 aliphatic rings. The maximum absolute atomic E-state index is 5.40. The number of nitrogens with one attached hydrogen (secondary N) is 2. The van der Waals surface area contributed by atoms with E-state index in [4.69, 9.17) is 5.84 Å². The Morgan fingerprint density at radius 1 is 1.35 bits per heavy atom. The Morgan fingerprint density at radius 2 is 2.25 bits per heavy atom. The molecule has 0 unspecified atom stereocenters. The first-order chi connectivity index (χ1) is 9.76. The normalized spacial score (nSPS) is 10.9. The molecule has 20 heavy (non-hydrogen) atoms. The molecule has 0 saturated carbocycles. The summed E-state index contributed by atoms with van der Waals surface area (Å²) in [6, 6.07) is 0. The predicted molar refractivity (Wildman–Crippen MR) is 74.0 cm³/mol. The van der Waals surface area contributed by atoms with E-state index in [1.54, 1.807) is 23.4 Å². The van der Waals surface area contributed by atoms with Crippen LogP contribution in [0.15, 0.2) is 24.9 Å². The summed E-state index contributed by atoms with van der Waals surface area (Å²) in [4.78, 5) is 12.8. The highest BCUT2D eigenvalue weighted by atomic mass is 15.3. The second-order valence-corrected chi connectivity index (χ2v) is 4.29. The Balaban J connectivity index is 1.74. The van der Waals surface area contributed by atoms with E-state index < -0.39 is 0 Å². The summed E-state index contributed by atoms with van der Waals surface area (Å²) in [6.07, 6.45) is 7.70. The van der Waals surface area contributed by atoms with Crippen molar-refractivity contribution in [2.45, 2.75) is 6.42 Å². The van der Waals surface area contributed by atoms with E-state index in [9.17, 15) is 0 Å². The molecule has 104 valence electrons. The Bertz CT molecular complexity index is 714. The van der Waals surface area contributed by atoms with Crippen molar-refractivity contribution in [1.82, 2.24) is 29.1 Å². The molecule has 0 aliphatic heterocycles. The molecule has 0 atom stereocenters. The Kier molecular flexibility index (Phi) is 3.17. The monoisotopic (exact) mass is 273 g/mol. The second-order valence-electron chi connectivity index (χ2n) is 4.29. The zero-order valence-electron chi connectivity index (χ0n) is 11.0. The summed E-state index contributed by atoms with van der Waals surface area (Å²) in [7, 11) is 1.84. The largest absolute Gasteiger partial charge is 0.366 e. The van der Waals surface area contributed by atoms with Crippen LogP contribution in [-0.2, 0) is 13.5 Å². The average Bonchev–Trinajstić information content (AvgIpc) is 3.07. The highest BCUT2D eigenvalue weighted by molar-refractivity contribution is 5.65. The van der Waals surface area contributed by atoms with Crippen LogP contribution in [0.1, 0.15) is 5.82 Å². The van der Waals surface area contributed by atoms with E-state index in [-0.39, 0.29) is 0 Å². The third-order valence-electron chi connectivity index (χ3n) is 2.81. The minimum atomic E-state index is 0.564. The summed E-state index contributed by atoms with van der Waals surface area (Å²) in [6.45, 7) is 0.660. The molecule has 0 fully saturated rings. The van der Waals surface area contributed by atoms with Crippen molar-refractivity contribution in [3.8, 4) is 0 Å². The molecule has 0 amide bonds. The van der Waals surface area contributed by atoms with Gasteiger partial charge in [-0.2, -0.15) is 5.10 Å². The number of rotatable bonds is 5. The highest BCUT2D eigenvalue weighted by Crippen LogP contribution is 2.15. The van der Waals surface area contributed by atoms with Gasteiger partial charge in [-0.1, -0.05) is 0 Å². The zero-order chi connectivity index (χ0) is 13.9. The van der Waals surface area contributed by atoms with Gasteiger partial charge >= 0.3 is 0 Å². The molecule has 9 heteroatoms. The van der Waals surface area contributed by atoms with E-state index >= 15 is 0 Å². The lowest BCUT2D eigenvalue weighted by Crippen LogP contribution is -2.13. The number of aromatic nitrogens is 6. The number of imidazole rings is 1. The molecule has 3 heterocycles. The number of aryl methyl sites for hydroxylation is 1. The molecule has 0 bridgehead atoms. The van der Waals surface area contributed by atoms with Crippen molar-refractivity contribution in [2.75, 3.05) is 17.3 Å². The minimum absolute atomic E-state index is 0.564. The fourth-order valence-electron chi connectivity index (χ4n) is 1.91. The average molecular weight is 273 g/mol. The van der Waals surface area contributed by atoms with Crippen molar-refractivity contribution < 1.29 is 0 Å². The summed E-state index contributed by atoms with van der Waals surface area (Å²) in [5, 5.41) is 7.45. The molecular formula is C11H15N9. The standard InChI is InChI=1S/C11H15N9/c1-19-7-15-8(18-19)2-3-13-10-11-14-4-5-20(11)6-9(16-10)17-12/h4-7,17H,2-3,12H2,1H3,(H,13,16). The lowest BCUT2D eigenvalue weighted by molar-refractivity contribution is 0.742. The lowest BCUT2D eigenvalue weighted by Gasteiger charge is -2.08. The van der Waals surface area contributed by atoms with Gasteiger partial charge in [0.2, 0.25) is 0 Å². The van der Waals surface area contributed by atoms with Crippen LogP contribution in [0.5, 0.6) is 0 Å². The molecule has 3 aromatic heterocycles. The van der Waals surface area contributed by atoms with Crippen LogP contribution in [0, 0.1) is 0 Å². The Hall–Kier alpha value is -2.68. The van der Waals surface area contributed by atoms with Crippen LogP contribution >= 0.6 is 0 Å². The maximum Gasteiger partial charge on any atom is 0.180 e. The minimum Gasteiger partial charge on any atom is -0.366 e. The molecule has 0 aliphatic carbocycles.